The Morgan fingerprint density at radius 3 is 2.79 bits per heavy atom. The van der Waals surface area contributed by atoms with Crippen molar-refractivity contribution >= 4 is 11.5 Å². The molecule has 4 aliphatic rings. The molecule has 148 valence electrons. The van der Waals surface area contributed by atoms with Crippen LogP contribution in [0.25, 0.3) is 5.57 Å². The summed E-state index contributed by atoms with van der Waals surface area (Å²) in [4.78, 5) is 18.7. The summed E-state index contributed by atoms with van der Waals surface area (Å²) in [7, 11) is 1.95. The zero-order chi connectivity index (χ0) is 19.5. The number of allylic oxidation sites excluding steroid dienone is 3. The molecule has 5 atom stereocenters. The first-order valence-electron chi connectivity index (χ1n) is 11.0. The van der Waals surface area contributed by atoms with Gasteiger partial charge in [-0.25, -0.2) is 0 Å². The predicted molar refractivity (Wildman–Crippen MR) is 112 cm³/mol. The molecule has 2 fully saturated rings. The van der Waals surface area contributed by atoms with Crippen LogP contribution < -0.4 is 0 Å². The molecule has 3 aliphatic carbocycles. The van der Waals surface area contributed by atoms with E-state index in [1.165, 1.54) is 42.4 Å². The third-order valence-corrected chi connectivity index (χ3v) is 8.93. The maximum atomic E-state index is 12.4. The van der Waals surface area contributed by atoms with E-state index in [0.29, 0.717) is 5.92 Å². The van der Waals surface area contributed by atoms with E-state index in [4.69, 9.17) is 0 Å². The van der Waals surface area contributed by atoms with E-state index in [0.717, 1.165) is 31.2 Å². The molecular weight excluding hydrogens is 344 g/mol. The van der Waals surface area contributed by atoms with E-state index in [-0.39, 0.29) is 16.7 Å². The SMILES string of the molecule is CN1CC[C@@]2(C)C(=CC1=O)CC[C@@H]1[C@@H]2CC[C@]2(C)C(c3cccnc3)=CC[C@@H]12. The third kappa shape index (κ3) is 2.47. The van der Waals surface area contributed by atoms with Crippen LogP contribution in [0.1, 0.15) is 57.9 Å². The maximum absolute atomic E-state index is 12.4. The van der Waals surface area contributed by atoms with E-state index in [1.807, 2.05) is 30.4 Å². The van der Waals surface area contributed by atoms with Gasteiger partial charge in [-0.2, -0.15) is 0 Å². The molecule has 5 rings (SSSR count). The Kier molecular flexibility index (Phi) is 4.08. The van der Waals surface area contributed by atoms with Crippen molar-refractivity contribution in [3.63, 3.8) is 0 Å². The van der Waals surface area contributed by atoms with Crippen molar-refractivity contribution in [2.75, 3.05) is 13.6 Å². The average Bonchev–Trinajstić information content (AvgIpc) is 3.00. The minimum absolute atomic E-state index is 0.196. The van der Waals surface area contributed by atoms with Gasteiger partial charge in [-0.15, -0.1) is 0 Å². The number of amides is 1. The molecule has 0 saturated heterocycles. The number of nitrogens with zero attached hydrogens (tertiary/aromatic N) is 2. The fourth-order valence-corrected chi connectivity index (χ4v) is 7.22. The molecule has 1 aliphatic heterocycles. The van der Waals surface area contributed by atoms with Crippen molar-refractivity contribution in [3.05, 3.63) is 47.8 Å². The minimum atomic E-state index is 0.196. The Bertz CT molecular complexity index is 857. The summed E-state index contributed by atoms with van der Waals surface area (Å²) in [6.07, 6.45) is 15.6. The van der Waals surface area contributed by atoms with Crippen molar-refractivity contribution in [3.8, 4) is 0 Å². The van der Waals surface area contributed by atoms with Crippen LogP contribution in [0.2, 0.25) is 0 Å². The normalized spacial score (nSPS) is 40.0. The smallest absolute Gasteiger partial charge is 0.246 e. The van der Waals surface area contributed by atoms with Gasteiger partial charge in [0.05, 0.1) is 0 Å². The standard InChI is InChI=1S/C25H32N2O/c1-24-12-14-27(3)23(28)15-18(24)6-7-19-21-9-8-20(17-5-4-13-26-16-17)25(21,2)11-10-22(19)24/h4-5,8,13,15-16,19,21-22H,6-7,9-12,14H2,1-3H3/t19-,21-,22-,24-,25+/m0/s1. The Labute approximate surface area is 168 Å². The summed E-state index contributed by atoms with van der Waals surface area (Å²) < 4.78 is 0. The van der Waals surface area contributed by atoms with E-state index >= 15 is 0 Å². The van der Waals surface area contributed by atoms with Gasteiger partial charge in [0.15, 0.2) is 0 Å². The number of fused-ring (bicyclic) bond motifs is 5. The van der Waals surface area contributed by atoms with E-state index < -0.39 is 0 Å². The van der Waals surface area contributed by atoms with Crippen LogP contribution in [-0.4, -0.2) is 29.4 Å². The molecule has 0 unspecified atom stereocenters. The van der Waals surface area contributed by atoms with Crippen LogP contribution in [0.5, 0.6) is 0 Å². The van der Waals surface area contributed by atoms with Crippen molar-refractivity contribution in [2.45, 2.75) is 52.4 Å². The van der Waals surface area contributed by atoms with Gasteiger partial charge in [0, 0.05) is 32.1 Å². The molecule has 0 radical (unpaired) electrons. The highest BCUT2D eigenvalue weighted by atomic mass is 16.2. The first kappa shape index (κ1) is 18.1. The molecule has 0 spiro atoms. The van der Waals surface area contributed by atoms with Crippen molar-refractivity contribution in [1.82, 2.24) is 9.88 Å². The summed E-state index contributed by atoms with van der Waals surface area (Å²) in [5.74, 6) is 2.42. The molecule has 3 nitrogen and oxygen atoms in total. The van der Waals surface area contributed by atoms with E-state index in [9.17, 15) is 4.79 Å². The number of pyridine rings is 1. The minimum Gasteiger partial charge on any atom is -0.342 e. The quantitative estimate of drug-likeness (QED) is 0.683. The van der Waals surface area contributed by atoms with Crippen molar-refractivity contribution < 1.29 is 4.79 Å². The lowest BCUT2D eigenvalue weighted by Crippen LogP contribution is -2.49. The molecule has 28 heavy (non-hydrogen) atoms. The van der Waals surface area contributed by atoms with Gasteiger partial charge >= 0.3 is 0 Å². The van der Waals surface area contributed by atoms with Gasteiger partial charge in [0.1, 0.15) is 0 Å². The highest BCUT2D eigenvalue weighted by molar-refractivity contribution is 5.88. The molecule has 0 bridgehead atoms. The van der Waals surface area contributed by atoms with E-state index in [1.54, 1.807) is 0 Å². The Morgan fingerprint density at radius 1 is 1.14 bits per heavy atom. The number of aromatic nitrogens is 1. The zero-order valence-electron chi connectivity index (χ0n) is 17.4. The maximum Gasteiger partial charge on any atom is 0.246 e. The van der Waals surface area contributed by atoms with Gasteiger partial charge in [0.2, 0.25) is 5.91 Å². The first-order chi connectivity index (χ1) is 13.4. The topological polar surface area (TPSA) is 33.2 Å². The predicted octanol–water partition coefficient (Wildman–Crippen LogP) is 5.11. The fourth-order valence-electron chi connectivity index (χ4n) is 7.22. The number of hydrogen-bond donors (Lipinski definition) is 0. The number of hydrogen-bond acceptors (Lipinski definition) is 2. The number of likely N-dealkylation sites (N-methyl/N-ethyl adjacent to an activating group) is 1. The van der Waals surface area contributed by atoms with Crippen LogP contribution in [0, 0.1) is 28.6 Å². The lowest BCUT2D eigenvalue weighted by atomic mass is 9.47. The molecule has 2 saturated carbocycles. The summed E-state index contributed by atoms with van der Waals surface area (Å²) in [5.41, 5.74) is 4.76. The van der Waals surface area contributed by atoms with Crippen LogP contribution in [-0.2, 0) is 4.79 Å². The van der Waals surface area contributed by atoms with Crippen LogP contribution in [0.4, 0.5) is 0 Å². The number of carbonyl (C=O) groups is 1. The van der Waals surface area contributed by atoms with Crippen LogP contribution >= 0.6 is 0 Å². The molecule has 2 heterocycles. The third-order valence-electron chi connectivity index (χ3n) is 8.93. The first-order valence-corrected chi connectivity index (χ1v) is 11.0. The van der Waals surface area contributed by atoms with Crippen LogP contribution in [0.3, 0.4) is 0 Å². The lowest BCUT2D eigenvalue weighted by Gasteiger charge is -2.57. The fraction of sp³-hybridized carbons (Fsp3) is 0.600. The Balaban J connectivity index is 1.47. The van der Waals surface area contributed by atoms with Gasteiger partial charge in [0.25, 0.3) is 0 Å². The highest BCUT2D eigenvalue weighted by Gasteiger charge is 2.56. The highest BCUT2D eigenvalue weighted by Crippen LogP contribution is 2.66. The van der Waals surface area contributed by atoms with Crippen molar-refractivity contribution in [2.24, 2.45) is 28.6 Å². The summed E-state index contributed by atoms with van der Waals surface area (Å²) in [6, 6.07) is 4.30. The van der Waals surface area contributed by atoms with Gasteiger partial charge in [-0.1, -0.05) is 31.6 Å². The molecule has 1 aromatic heterocycles. The second kappa shape index (κ2) is 6.30. The second-order valence-electron chi connectivity index (χ2n) is 10.1. The number of rotatable bonds is 1. The summed E-state index contributed by atoms with van der Waals surface area (Å²) in [6.45, 7) is 5.87. The molecule has 0 N–H and O–H groups in total. The lowest BCUT2D eigenvalue weighted by molar-refractivity contribution is -0.124. The Hall–Kier alpha value is -1.90. The largest absolute Gasteiger partial charge is 0.342 e. The molecule has 1 aromatic rings. The summed E-state index contributed by atoms with van der Waals surface area (Å²) in [5, 5.41) is 0. The van der Waals surface area contributed by atoms with Crippen molar-refractivity contribution in [1.29, 1.82) is 0 Å². The monoisotopic (exact) mass is 376 g/mol. The zero-order valence-corrected chi connectivity index (χ0v) is 17.4. The van der Waals surface area contributed by atoms with Gasteiger partial charge in [-0.05, 0) is 84.3 Å². The van der Waals surface area contributed by atoms with Crippen LogP contribution in [0.15, 0.2) is 42.3 Å². The molecule has 1 amide bonds. The van der Waals surface area contributed by atoms with Gasteiger partial charge in [-0.3, -0.25) is 9.78 Å². The summed E-state index contributed by atoms with van der Waals surface area (Å²) >= 11 is 0. The van der Waals surface area contributed by atoms with Gasteiger partial charge < -0.3 is 4.90 Å². The molecule has 3 heteroatoms. The number of carbonyl (C=O) groups excluding carboxylic acids is 1. The molecular formula is C25H32N2O. The average molecular weight is 377 g/mol. The Morgan fingerprint density at radius 2 is 2.00 bits per heavy atom. The second-order valence-corrected chi connectivity index (χ2v) is 10.1. The molecule has 0 aromatic carbocycles. The van der Waals surface area contributed by atoms with E-state index in [2.05, 4.69) is 37.0 Å².